The number of carbonyl (C=O) groups is 1. The normalized spacial score (nSPS) is 9.60. The number of aromatic nitrogens is 2. The number of carbonyl (C=O) groups excluding carboxylic acids is 1. The van der Waals surface area contributed by atoms with Crippen LogP contribution >= 0.6 is 12.2 Å². The monoisotopic (exact) mass is 159 g/mol. The number of rotatable bonds is 2. The molecule has 1 aromatic heterocycles. The van der Waals surface area contributed by atoms with Gasteiger partial charge in [-0.25, -0.2) is 5.10 Å². The quantitative estimate of drug-likeness (QED) is 0.583. The molecule has 0 atom stereocenters. The molecule has 1 rings (SSSR count). The summed E-state index contributed by atoms with van der Waals surface area (Å²) < 4.78 is 4.74. The van der Waals surface area contributed by atoms with E-state index >= 15 is 0 Å². The molecule has 3 N–H and O–H groups in total. The van der Waals surface area contributed by atoms with Crippen molar-refractivity contribution in [3.05, 3.63) is 10.7 Å². The van der Waals surface area contributed by atoms with Crippen LogP contribution in [0.5, 0.6) is 0 Å². The van der Waals surface area contributed by atoms with Crippen LogP contribution in [0.3, 0.4) is 0 Å². The lowest BCUT2D eigenvalue weighted by atomic mass is 10.4. The maximum absolute atomic E-state index is 10.3. The fourth-order valence-corrected chi connectivity index (χ4v) is 0.627. The molecule has 0 aliphatic carbocycles. The molecule has 5 nitrogen and oxygen atoms in total. The molecule has 54 valence electrons. The first-order valence-corrected chi connectivity index (χ1v) is 2.92. The van der Waals surface area contributed by atoms with Crippen LogP contribution in [-0.2, 0) is 11.2 Å². The highest BCUT2D eigenvalue weighted by atomic mass is 32.1. The average molecular weight is 159 g/mol. The van der Waals surface area contributed by atoms with Crippen LogP contribution in [0.2, 0.25) is 0 Å². The van der Waals surface area contributed by atoms with Crippen molar-refractivity contribution in [1.29, 1.82) is 0 Å². The van der Waals surface area contributed by atoms with E-state index in [-0.39, 0.29) is 17.1 Å². The van der Waals surface area contributed by atoms with Gasteiger partial charge in [0.1, 0.15) is 6.42 Å². The van der Waals surface area contributed by atoms with Crippen LogP contribution in [0.4, 0.5) is 0 Å². The molecule has 0 fully saturated rings. The summed E-state index contributed by atoms with van der Waals surface area (Å²) in [7, 11) is 0. The van der Waals surface area contributed by atoms with Crippen molar-refractivity contribution in [2.45, 2.75) is 6.42 Å². The number of primary amides is 1. The minimum atomic E-state index is -0.495. The minimum absolute atomic E-state index is 0.0207. The van der Waals surface area contributed by atoms with Crippen molar-refractivity contribution in [2.75, 3.05) is 0 Å². The van der Waals surface area contributed by atoms with Gasteiger partial charge in [-0.05, 0) is 12.2 Å². The van der Waals surface area contributed by atoms with Crippen LogP contribution in [0.1, 0.15) is 5.89 Å². The average Bonchev–Trinajstić information content (AvgIpc) is 2.13. The molecule has 0 saturated carbocycles. The lowest BCUT2D eigenvalue weighted by Crippen LogP contribution is -2.13. The molecule has 0 radical (unpaired) electrons. The molecule has 0 bridgehead atoms. The van der Waals surface area contributed by atoms with E-state index in [1.165, 1.54) is 0 Å². The summed E-state index contributed by atoms with van der Waals surface area (Å²) in [4.78, 5) is 10.4. The Morgan fingerprint density at radius 1 is 1.90 bits per heavy atom. The Kier molecular flexibility index (Phi) is 1.81. The topological polar surface area (TPSA) is 84.9 Å². The number of H-pyrrole nitrogens is 1. The molecular weight excluding hydrogens is 154 g/mol. The van der Waals surface area contributed by atoms with Crippen LogP contribution in [-0.4, -0.2) is 16.1 Å². The van der Waals surface area contributed by atoms with Gasteiger partial charge in [0.2, 0.25) is 11.8 Å². The lowest BCUT2D eigenvalue weighted by molar-refractivity contribution is -0.117. The van der Waals surface area contributed by atoms with Crippen molar-refractivity contribution in [2.24, 2.45) is 5.73 Å². The molecule has 1 heterocycles. The van der Waals surface area contributed by atoms with E-state index in [4.69, 9.17) is 10.2 Å². The minimum Gasteiger partial charge on any atom is -0.414 e. The first-order chi connectivity index (χ1) is 4.68. The smallest absolute Gasteiger partial charge is 0.284 e. The third kappa shape index (κ3) is 1.66. The molecule has 0 aromatic carbocycles. The zero-order chi connectivity index (χ0) is 7.56. The summed E-state index contributed by atoms with van der Waals surface area (Å²) in [6.45, 7) is 0. The van der Waals surface area contributed by atoms with Crippen molar-refractivity contribution in [3.8, 4) is 0 Å². The SMILES string of the molecule is NC(=O)Cc1n[nH]c(=S)o1. The zero-order valence-corrected chi connectivity index (χ0v) is 5.77. The Morgan fingerprint density at radius 2 is 2.60 bits per heavy atom. The highest BCUT2D eigenvalue weighted by Crippen LogP contribution is 1.93. The molecule has 10 heavy (non-hydrogen) atoms. The number of hydrogen-bond donors (Lipinski definition) is 2. The van der Waals surface area contributed by atoms with Gasteiger partial charge in [0.15, 0.2) is 0 Å². The first kappa shape index (κ1) is 6.94. The number of nitrogens with two attached hydrogens (primary N) is 1. The van der Waals surface area contributed by atoms with Crippen LogP contribution in [0.25, 0.3) is 0 Å². The van der Waals surface area contributed by atoms with Gasteiger partial charge in [-0.2, -0.15) is 0 Å². The maximum atomic E-state index is 10.3. The van der Waals surface area contributed by atoms with E-state index in [1.807, 2.05) is 0 Å². The molecule has 0 unspecified atom stereocenters. The Morgan fingerprint density at radius 3 is 3.00 bits per heavy atom. The van der Waals surface area contributed by atoms with Gasteiger partial charge >= 0.3 is 0 Å². The molecule has 0 spiro atoms. The maximum Gasteiger partial charge on any atom is 0.284 e. The Labute approximate surface area is 61.2 Å². The van der Waals surface area contributed by atoms with Crippen molar-refractivity contribution in [3.63, 3.8) is 0 Å². The van der Waals surface area contributed by atoms with Crippen LogP contribution in [0.15, 0.2) is 4.42 Å². The third-order valence-electron chi connectivity index (χ3n) is 0.808. The molecule has 6 heteroatoms. The number of amides is 1. The van der Waals surface area contributed by atoms with Gasteiger partial charge in [-0.1, -0.05) is 0 Å². The van der Waals surface area contributed by atoms with Gasteiger partial charge < -0.3 is 10.2 Å². The Bertz CT molecular complexity index is 289. The number of nitrogens with one attached hydrogen (secondary N) is 1. The van der Waals surface area contributed by atoms with Crippen molar-refractivity contribution < 1.29 is 9.21 Å². The first-order valence-electron chi connectivity index (χ1n) is 2.51. The highest BCUT2D eigenvalue weighted by molar-refractivity contribution is 7.71. The van der Waals surface area contributed by atoms with Gasteiger partial charge in [-0.15, -0.1) is 5.10 Å². The summed E-state index contributed by atoms with van der Waals surface area (Å²) in [6.07, 6.45) is -0.0207. The van der Waals surface area contributed by atoms with Crippen molar-refractivity contribution in [1.82, 2.24) is 10.2 Å². The second-order valence-electron chi connectivity index (χ2n) is 1.65. The molecule has 1 aromatic rings. The van der Waals surface area contributed by atoms with E-state index < -0.39 is 5.91 Å². The Hall–Kier alpha value is -1.17. The van der Waals surface area contributed by atoms with Gasteiger partial charge in [0.05, 0.1) is 0 Å². The van der Waals surface area contributed by atoms with Gasteiger partial charge in [0, 0.05) is 0 Å². The fraction of sp³-hybridized carbons (Fsp3) is 0.250. The van der Waals surface area contributed by atoms with E-state index in [9.17, 15) is 4.79 Å². The number of nitrogens with zero attached hydrogens (tertiary/aromatic N) is 1. The standard InChI is InChI=1S/C4H5N3O2S/c5-2(8)1-3-6-7-4(10)9-3/h1H2,(H2,5,8)(H,7,10). The van der Waals surface area contributed by atoms with E-state index in [0.717, 1.165) is 0 Å². The van der Waals surface area contributed by atoms with Crippen LogP contribution < -0.4 is 5.73 Å². The second-order valence-corrected chi connectivity index (χ2v) is 2.02. The summed E-state index contributed by atoms with van der Waals surface area (Å²) in [5.41, 5.74) is 4.85. The lowest BCUT2D eigenvalue weighted by Gasteiger charge is -1.83. The zero-order valence-electron chi connectivity index (χ0n) is 4.96. The predicted molar refractivity (Wildman–Crippen MR) is 34.6 cm³/mol. The second kappa shape index (κ2) is 2.61. The molecular formula is C4H5N3O2S. The van der Waals surface area contributed by atoms with Gasteiger partial charge in [0.25, 0.3) is 4.84 Å². The summed E-state index contributed by atoms with van der Waals surface area (Å²) in [5, 5.41) is 5.92. The number of hydrogen-bond acceptors (Lipinski definition) is 4. The van der Waals surface area contributed by atoms with E-state index in [0.29, 0.717) is 0 Å². The van der Waals surface area contributed by atoms with Gasteiger partial charge in [-0.3, -0.25) is 4.79 Å². The van der Waals surface area contributed by atoms with E-state index in [2.05, 4.69) is 22.4 Å². The summed E-state index contributed by atoms with van der Waals surface area (Å²) in [5.74, 6) is -0.275. The molecule has 0 aliphatic rings. The molecule has 0 saturated heterocycles. The van der Waals surface area contributed by atoms with E-state index in [1.54, 1.807) is 0 Å². The highest BCUT2D eigenvalue weighted by Gasteiger charge is 2.02. The third-order valence-corrected chi connectivity index (χ3v) is 0.982. The summed E-state index contributed by atoms with van der Waals surface area (Å²) in [6, 6.07) is 0. The largest absolute Gasteiger partial charge is 0.414 e. The fourth-order valence-electron chi connectivity index (χ4n) is 0.485. The number of aromatic amines is 1. The molecule has 1 amide bonds. The Balaban J connectivity index is 2.76. The molecule has 0 aliphatic heterocycles. The van der Waals surface area contributed by atoms with Crippen molar-refractivity contribution >= 4 is 18.1 Å². The predicted octanol–water partition coefficient (Wildman–Crippen LogP) is -0.240. The van der Waals surface area contributed by atoms with Crippen LogP contribution in [0, 0.1) is 4.84 Å². The summed E-state index contributed by atoms with van der Waals surface area (Å²) >= 11 is 4.55.